The Morgan fingerprint density at radius 2 is 1.88 bits per heavy atom. The molecule has 2 nitrogen and oxygen atoms in total. The van der Waals surface area contributed by atoms with Gasteiger partial charge in [0.1, 0.15) is 5.82 Å². The highest BCUT2D eigenvalue weighted by Gasteiger charge is 2.29. The van der Waals surface area contributed by atoms with Crippen molar-refractivity contribution < 1.29 is 9.50 Å². The molecule has 0 aromatic heterocycles. The maximum absolute atomic E-state index is 12.9. The van der Waals surface area contributed by atoms with Crippen LogP contribution in [0, 0.1) is 18.2 Å². The summed E-state index contributed by atoms with van der Waals surface area (Å²) in [5.41, 5.74) is 7.28. The van der Waals surface area contributed by atoms with Crippen LogP contribution in [0.1, 0.15) is 37.9 Å². The minimum atomic E-state index is -0.656. The Balaban J connectivity index is 3.01. The van der Waals surface area contributed by atoms with Crippen LogP contribution in [0.2, 0.25) is 0 Å². The average Bonchev–Trinajstić information content (AvgIpc) is 2.14. The minimum absolute atomic E-state index is 0.279. The molecule has 3 N–H and O–H groups in total. The van der Waals surface area contributed by atoms with Crippen LogP contribution in [-0.2, 0) is 0 Å². The zero-order valence-corrected chi connectivity index (χ0v) is 10.3. The first-order valence-corrected chi connectivity index (χ1v) is 5.43. The number of aryl methyl sites for hydroxylation is 1. The Labute approximate surface area is 96.3 Å². The zero-order valence-electron chi connectivity index (χ0n) is 10.3. The number of hydrogen-bond acceptors (Lipinski definition) is 2. The second-order valence-corrected chi connectivity index (χ2v) is 5.34. The van der Waals surface area contributed by atoms with Gasteiger partial charge in [-0.15, -0.1) is 0 Å². The number of aliphatic hydroxyl groups is 1. The second-order valence-electron chi connectivity index (χ2n) is 5.34. The van der Waals surface area contributed by atoms with Crippen LogP contribution < -0.4 is 5.73 Å². The molecule has 0 amide bonds. The van der Waals surface area contributed by atoms with Gasteiger partial charge in [0.05, 0.1) is 12.1 Å². The van der Waals surface area contributed by atoms with Gasteiger partial charge in [0, 0.05) is 0 Å². The average molecular weight is 225 g/mol. The summed E-state index contributed by atoms with van der Waals surface area (Å²) >= 11 is 0. The molecule has 2 atom stereocenters. The molecular formula is C13H20FNO. The van der Waals surface area contributed by atoms with Crippen molar-refractivity contribution in [3.05, 3.63) is 35.1 Å². The highest BCUT2D eigenvalue weighted by Crippen LogP contribution is 2.30. The molecule has 0 heterocycles. The van der Waals surface area contributed by atoms with Gasteiger partial charge in [-0.25, -0.2) is 4.39 Å². The topological polar surface area (TPSA) is 46.2 Å². The molecule has 1 rings (SSSR count). The van der Waals surface area contributed by atoms with E-state index in [9.17, 15) is 9.50 Å². The normalized spacial score (nSPS) is 15.9. The molecular weight excluding hydrogens is 205 g/mol. The van der Waals surface area contributed by atoms with Crippen LogP contribution in [0.4, 0.5) is 4.39 Å². The first-order valence-electron chi connectivity index (χ1n) is 5.43. The van der Waals surface area contributed by atoms with Crippen molar-refractivity contribution in [1.29, 1.82) is 0 Å². The van der Waals surface area contributed by atoms with E-state index in [1.165, 1.54) is 12.1 Å². The lowest BCUT2D eigenvalue weighted by Crippen LogP contribution is -2.37. The number of aliphatic hydroxyl groups excluding tert-OH is 1. The molecule has 3 heteroatoms. The second kappa shape index (κ2) is 4.52. The van der Waals surface area contributed by atoms with Crippen molar-refractivity contribution in [2.75, 3.05) is 0 Å². The minimum Gasteiger partial charge on any atom is -0.391 e. The summed E-state index contributed by atoms with van der Waals surface area (Å²) in [6.07, 6.45) is -0.656. The van der Waals surface area contributed by atoms with E-state index in [0.717, 1.165) is 11.1 Å². The van der Waals surface area contributed by atoms with Crippen molar-refractivity contribution in [2.45, 2.75) is 39.8 Å². The molecule has 0 saturated heterocycles. The maximum atomic E-state index is 12.9. The summed E-state index contributed by atoms with van der Waals surface area (Å²) in [7, 11) is 0. The molecule has 0 saturated carbocycles. The Hall–Kier alpha value is -0.930. The van der Waals surface area contributed by atoms with Crippen molar-refractivity contribution >= 4 is 0 Å². The monoisotopic (exact) mass is 225 g/mol. The van der Waals surface area contributed by atoms with Gasteiger partial charge in [-0.2, -0.15) is 0 Å². The number of hydrogen-bond donors (Lipinski definition) is 2. The third kappa shape index (κ3) is 2.80. The van der Waals surface area contributed by atoms with Crippen LogP contribution in [0.3, 0.4) is 0 Å². The van der Waals surface area contributed by atoms with Crippen molar-refractivity contribution in [3.63, 3.8) is 0 Å². The predicted octanol–water partition coefficient (Wildman–Crippen LogP) is 2.54. The Morgan fingerprint density at radius 3 is 2.31 bits per heavy atom. The van der Waals surface area contributed by atoms with Gasteiger partial charge in [-0.05, 0) is 35.6 Å². The van der Waals surface area contributed by atoms with Crippen LogP contribution >= 0.6 is 0 Å². The summed E-state index contributed by atoms with van der Waals surface area (Å²) in [6.45, 7) is 7.58. The molecule has 0 radical (unpaired) electrons. The van der Waals surface area contributed by atoms with Gasteiger partial charge in [0.25, 0.3) is 0 Å². The molecule has 0 bridgehead atoms. The molecule has 0 aliphatic heterocycles. The number of nitrogens with two attached hydrogens (primary N) is 1. The highest BCUT2D eigenvalue weighted by atomic mass is 19.1. The molecule has 0 aliphatic rings. The van der Waals surface area contributed by atoms with Gasteiger partial charge in [-0.3, -0.25) is 0 Å². The molecule has 1 aromatic carbocycles. The van der Waals surface area contributed by atoms with Crippen molar-refractivity contribution in [2.24, 2.45) is 11.1 Å². The van der Waals surface area contributed by atoms with E-state index in [1.54, 1.807) is 13.0 Å². The molecule has 0 unspecified atom stereocenters. The molecule has 0 spiro atoms. The van der Waals surface area contributed by atoms with E-state index >= 15 is 0 Å². The largest absolute Gasteiger partial charge is 0.391 e. The fourth-order valence-corrected chi connectivity index (χ4v) is 1.72. The zero-order chi connectivity index (χ0) is 12.5. The van der Waals surface area contributed by atoms with E-state index in [0.29, 0.717) is 0 Å². The SMILES string of the molecule is Cc1cc(F)ccc1[C@@H](N)[C@@H](O)C(C)(C)C. The van der Waals surface area contributed by atoms with Crippen LogP contribution in [-0.4, -0.2) is 11.2 Å². The van der Waals surface area contributed by atoms with Crippen molar-refractivity contribution in [1.82, 2.24) is 0 Å². The summed E-state index contributed by atoms with van der Waals surface area (Å²) in [4.78, 5) is 0. The summed E-state index contributed by atoms with van der Waals surface area (Å²) in [5.74, 6) is -0.279. The molecule has 0 aliphatic carbocycles. The molecule has 90 valence electrons. The fraction of sp³-hybridized carbons (Fsp3) is 0.538. The summed E-state index contributed by atoms with van der Waals surface area (Å²) < 4.78 is 12.9. The van der Waals surface area contributed by atoms with Crippen LogP contribution in [0.25, 0.3) is 0 Å². The first-order chi connectivity index (χ1) is 7.23. The summed E-state index contributed by atoms with van der Waals surface area (Å²) in [6, 6.07) is 3.97. The van der Waals surface area contributed by atoms with Gasteiger partial charge in [0.2, 0.25) is 0 Å². The van der Waals surface area contributed by atoms with E-state index < -0.39 is 12.1 Å². The van der Waals surface area contributed by atoms with Gasteiger partial charge in [-0.1, -0.05) is 26.8 Å². The Morgan fingerprint density at radius 1 is 1.31 bits per heavy atom. The fourth-order valence-electron chi connectivity index (χ4n) is 1.72. The van der Waals surface area contributed by atoms with Gasteiger partial charge in [0.15, 0.2) is 0 Å². The smallest absolute Gasteiger partial charge is 0.123 e. The lowest BCUT2D eigenvalue weighted by molar-refractivity contribution is 0.0399. The number of rotatable bonds is 2. The third-order valence-electron chi connectivity index (χ3n) is 2.82. The van der Waals surface area contributed by atoms with Crippen LogP contribution in [0.5, 0.6) is 0 Å². The number of halogens is 1. The van der Waals surface area contributed by atoms with Gasteiger partial charge >= 0.3 is 0 Å². The highest BCUT2D eigenvalue weighted by molar-refractivity contribution is 5.30. The lowest BCUT2D eigenvalue weighted by atomic mass is 9.82. The maximum Gasteiger partial charge on any atom is 0.123 e. The molecule has 16 heavy (non-hydrogen) atoms. The molecule has 0 fully saturated rings. The van der Waals surface area contributed by atoms with Crippen molar-refractivity contribution in [3.8, 4) is 0 Å². The van der Waals surface area contributed by atoms with E-state index in [2.05, 4.69) is 0 Å². The van der Waals surface area contributed by atoms with E-state index in [4.69, 9.17) is 5.73 Å². The first kappa shape index (κ1) is 13.1. The predicted molar refractivity (Wildman–Crippen MR) is 63.5 cm³/mol. The van der Waals surface area contributed by atoms with E-state index in [1.807, 2.05) is 20.8 Å². The van der Waals surface area contributed by atoms with E-state index in [-0.39, 0.29) is 11.2 Å². The third-order valence-corrected chi connectivity index (χ3v) is 2.82. The van der Waals surface area contributed by atoms with Gasteiger partial charge < -0.3 is 10.8 Å². The Bertz CT molecular complexity index is 371. The summed E-state index contributed by atoms with van der Waals surface area (Å²) in [5, 5.41) is 10.1. The quantitative estimate of drug-likeness (QED) is 0.812. The Kier molecular flexibility index (Phi) is 3.71. The molecule has 1 aromatic rings. The van der Waals surface area contributed by atoms with Crippen LogP contribution in [0.15, 0.2) is 18.2 Å². The lowest BCUT2D eigenvalue weighted by Gasteiger charge is -2.31. The number of benzene rings is 1. The standard InChI is InChI=1S/C13H20FNO/c1-8-7-9(14)5-6-10(8)11(15)12(16)13(2,3)4/h5-7,11-12,16H,15H2,1-4H3/t11-,12-/m1/s1.